The lowest BCUT2D eigenvalue weighted by Crippen LogP contribution is -2.22. The van der Waals surface area contributed by atoms with E-state index in [1.54, 1.807) is 36.4 Å². The lowest BCUT2D eigenvalue weighted by molar-refractivity contribution is 0.102. The summed E-state index contributed by atoms with van der Waals surface area (Å²) in [4.78, 5) is 17.4. The monoisotopic (exact) mass is 420 g/mol. The van der Waals surface area contributed by atoms with Gasteiger partial charge in [0, 0.05) is 24.7 Å². The van der Waals surface area contributed by atoms with Crippen molar-refractivity contribution in [3.63, 3.8) is 0 Å². The largest absolute Gasteiger partial charge is 0.443 e. The summed E-state index contributed by atoms with van der Waals surface area (Å²) in [6.45, 7) is 6.42. The van der Waals surface area contributed by atoms with Crippen LogP contribution in [0.1, 0.15) is 56.2 Å². The molecule has 0 fully saturated rings. The van der Waals surface area contributed by atoms with Gasteiger partial charge in [-0.1, -0.05) is 32.4 Å². The van der Waals surface area contributed by atoms with E-state index in [4.69, 9.17) is 4.42 Å². The molecule has 0 saturated carbocycles. The van der Waals surface area contributed by atoms with E-state index in [1.807, 2.05) is 19.1 Å². The Hall–Kier alpha value is -3.60. The number of nitrogens with zero attached hydrogens (tertiary/aromatic N) is 4. The molecule has 8 heteroatoms. The van der Waals surface area contributed by atoms with Crippen LogP contribution in [0.25, 0.3) is 11.0 Å². The maximum atomic E-state index is 12.9. The number of hydrogen-bond donors (Lipinski definition) is 2. The number of aromatic nitrogens is 3. The van der Waals surface area contributed by atoms with E-state index in [2.05, 4.69) is 40.6 Å². The molecule has 8 nitrogen and oxygen atoms in total. The van der Waals surface area contributed by atoms with Crippen molar-refractivity contribution in [1.82, 2.24) is 14.8 Å². The summed E-state index contributed by atoms with van der Waals surface area (Å²) in [7, 11) is 1.76. The van der Waals surface area contributed by atoms with Crippen molar-refractivity contribution >= 4 is 28.4 Å². The lowest BCUT2D eigenvalue weighted by Gasteiger charge is -2.21. The Kier molecular flexibility index (Phi) is 7.08. The standard InChI is InChI=1S/C23H28N6O2/c1-5-7-8-16(9-15(3)6-2)27-21-10-18-20(13-25-21)31-19(11-24)22(18)23(30)28-17-12-26-29(4)14-17/h5,7,10,12-16H,6,8-9H2,1-4H3,(H,25,27)(H,28,30)/b7-5-. The second kappa shape index (κ2) is 9.94. The van der Waals surface area contributed by atoms with Crippen molar-refractivity contribution in [3.05, 3.63) is 48.1 Å². The minimum Gasteiger partial charge on any atom is -0.443 e. The number of allylic oxidation sites excluding steroid dienone is 1. The first-order valence-corrected chi connectivity index (χ1v) is 10.4. The molecule has 3 heterocycles. The van der Waals surface area contributed by atoms with E-state index in [1.165, 1.54) is 0 Å². The summed E-state index contributed by atoms with van der Waals surface area (Å²) in [6.07, 6.45) is 11.9. The number of hydrogen-bond acceptors (Lipinski definition) is 6. The van der Waals surface area contributed by atoms with Gasteiger partial charge in [0.2, 0.25) is 5.76 Å². The molecular formula is C23H28N6O2. The third kappa shape index (κ3) is 5.31. The zero-order valence-corrected chi connectivity index (χ0v) is 18.3. The predicted molar refractivity (Wildman–Crippen MR) is 121 cm³/mol. The van der Waals surface area contributed by atoms with Crippen molar-refractivity contribution in [2.24, 2.45) is 13.0 Å². The lowest BCUT2D eigenvalue weighted by atomic mass is 9.97. The van der Waals surface area contributed by atoms with E-state index in [0.717, 1.165) is 19.3 Å². The Labute approximate surface area is 181 Å². The van der Waals surface area contributed by atoms with Gasteiger partial charge < -0.3 is 15.1 Å². The fraction of sp³-hybridized carbons (Fsp3) is 0.391. The second-order valence-electron chi connectivity index (χ2n) is 7.74. The maximum absolute atomic E-state index is 12.9. The molecule has 31 heavy (non-hydrogen) atoms. The molecule has 2 N–H and O–H groups in total. The first kappa shape index (κ1) is 22.1. The van der Waals surface area contributed by atoms with Gasteiger partial charge in [-0.3, -0.25) is 9.48 Å². The van der Waals surface area contributed by atoms with E-state index < -0.39 is 5.91 Å². The van der Waals surface area contributed by atoms with Crippen LogP contribution in [0.2, 0.25) is 0 Å². The van der Waals surface area contributed by atoms with E-state index >= 15 is 0 Å². The predicted octanol–water partition coefficient (Wildman–Crippen LogP) is 4.87. The molecule has 0 radical (unpaired) electrons. The van der Waals surface area contributed by atoms with Crippen molar-refractivity contribution in [2.75, 3.05) is 10.6 Å². The van der Waals surface area contributed by atoms with Crippen LogP contribution in [0.15, 0.2) is 41.2 Å². The molecule has 3 aromatic rings. The molecule has 0 aliphatic rings. The molecule has 2 atom stereocenters. The first-order valence-electron chi connectivity index (χ1n) is 10.4. The molecule has 0 spiro atoms. The summed E-state index contributed by atoms with van der Waals surface area (Å²) in [5.74, 6) is 0.753. The van der Waals surface area contributed by atoms with Crippen LogP contribution in [-0.4, -0.2) is 26.7 Å². The summed E-state index contributed by atoms with van der Waals surface area (Å²) in [5, 5.41) is 20.3. The average molecular weight is 421 g/mol. The topological polar surface area (TPSA) is 109 Å². The summed E-state index contributed by atoms with van der Waals surface area (Å²) in [5.41, 5.74) is 1.13. The Balaban J connectivity index is 1.91. The highest BCUT2D eigenvalue weighted by atomic mass is 16.3. The highest BCUT2D eigenvalue weighted by Crippen LogP contribution is 2.28. The molecule has 0 bridgehead atoms. The van der Waals surface area contributed by atoms with Crippen LogP contribution in [-0.2, 0) is 7.05 Å². The van der Waals surface area contributed by atoms with Crippen molar-refractivity contribution in [3.8, 4) is 6.07 Å². The number of carbonyl (C=O) groups excluding carboxylic acids is 1. The third-order valence-electron chi connectivity index (χ3n) is 5.26. The van der Waals surface area contributed by atoms with Gasteiger partial charge in [0.25, 0.3) is 5.91 Å². The molecule has 3 rings (SSSR count). The maximum Gasteiger partial charge on any atom is 0.261 e. The van der Waals surface area contributed by atoms with Crippen LogP contribution in [0.3, 0.4) is 0 Å². The van der Waals surface area contributed by atoms with Gasteiger partial charge in [0.05, 0.1) is 18.1 Å². The second-order valence-corrected chi connectivity index (χ2v) is 7.74. The van der Waals surface area contributed by atoms with Gasteiger partial charge >= 0.3 is 0 Å². The molecule has 1 amide bonds. The number of carbonyl (C=O) groups is 1. The number of nitriles is 1. The number of anilines is 2. The van der Waals surface area contributed by atoms with Gasteiger partial charge in [0.1, 0.15) is 17.5 Å². The zero-order valence-electron chi connectivity index (χ0n) is 18.3. The zero-order chi connectivity index (χ0) is 22.4. The quantitative estimate of drug-likeness (QED) is 0.478. The molecule has 3 aromatic heterocycles. The Morgan fingerprint density at radius 3 is 2.87 bits per heavy atom. The van der Waals surface area contributed by atoms with Crippen molar-refractivity contribution in [2.45, 2.75) is 46.1 Å². The minimum atomic E-state index is -0.425. The molecule has 0 aliphatic carbocycles. The molecular weight excluding hydrogens is 392 g/mol. The van der Waals surface area contributed by atoms with Crippen LogP contribution >= 0.6 is 0 Å². The van der Waals surface area contributed by atoms with Crippen LogP contribution in [0.4, 0.5) is 11.5 Å². The average Bonchev–Trinajstić information content (AvgIpc) is 3.34. The molecule has 2 unspecified atom stereocenters. The van der Waals surface area contributed by atoms with Gasteiger partial charge in [-0.25, -0.2) is 4.98 Å². The smallest absolute Gasteiger partial charge is 0.261 e. The molecule has 0 aromatic carbocycles. The van der Waals surface area contributed by atoms with Gasteiger partial charge in [-0.15, -0.1) is 0 Å². The molecule has 162 valence electrons. The van der Waals surface area contributed by atoms with Crippen molar-refractivity contribution < 1.29 is 9.21 Å². The van der Waals surface area contributed by atoms with Crippen LogP contribution < -0.4 is 10.6 Å². The minimum absolute atomic E-state index is 0.0413. The normalized spacial score (nSPS) is 13.3. The third-order valence-corrected chi connectivity index (χ3v) is 5.26. The summed E-state index contributed by atoms with van der Waals surface area (Å²) >= 11 is 0. The van der Waals surface area contributed by atoms with Gasteiger partial charge in [0.15, 0.2) is 5.58 Å². The van der Waals surface area contributed by atoms with Crippen LogP contribution in [0, 0.1) is 17.2 Å². The van der Waals surface area contributed by atoms with Gasteiger partial charge in [-0.2, -0.15) is 10.4 Å². The fourth-order valence-electron chi connectivity index (χ4n) is 3.44. The number of fused-ring (bicyclic) bond motifs is 1. The Morgan fingerprint density at radius 1 is 1.42 bits per heavy atom. The first-order chi connectivity index (χ1) is 14.9. The van der Waals surface area contributed by atoms with Crippen LogP contribution in [0.5, 0.6) is 0 Å². The fourth-order valence-corrected chi connectivity index (χ4v) is 3.44. The summed E-state index contributed by atoms with van der Waals surface area (Å²) in [6, 6.07) is 3.96. The Morgan fingerprint density at radius 2 is 2.23 bits per heavy atom. The number of nitrogens with one attached hydrogen (secondary N) is 2. The van der Waals surface area contributed by atoms with E-state index in [-0.39, 0.29) is 17.4 Å². The van der Waals surface area contributed by atoms with E-state index in [0.29, 0.717) is 28.4 Å². The number of pyridine rings is 1. The summed E-state index contributed by atoms with van der Waals surface area (Å²) < 4.78 is 7.16. The van der Waals surface area contributed by atoms with Crippen molar-refractivity contribution in [1.29, 1.82) is 5.26 Å². The SMILES string of the molecule is C/C=C\CC(CC(C)CC)Nc1cc2c(C(=O)Nc3cnn(C)c3)c(C#N)oc2cn1. The molecule has 0 aliphatic heterocycles. The highest BCUT2D eigenvalue weighted by Gasteiger charge is 2.23. The number of aryl methyl sites for hydroxylation is 1. The number of furan rings is 1. The number of amides is 1. The molecule has 0 saturated heterocycles. The highest BCUT2D eigenvalue weighted by molar-refractivity contribution is 6.14. The number of rotatable bonds is 9. The Bertz CT molecular complexity index is 1120. The van der Waals surface area contributed by atoms with E-state index in [9.17, 15) is 10.1 Å². The van der Waals surface area contributed by atoms with Gasteiger partial charge in [-0.05, 0) is 31.7 Å².